The second kappa shape index (κ2) is 5.44. The van der Waals surface area contributed by atoms with Crippen LogP contribution >= 0.6 is 11.3 Å². The van der Waals surface area contributed by atoms with Gasteiger partial charge in [-0.25, -0.2) is 4.98 Å². The first-order chi connectivity index (χ1) is 11.2. The highest BCUT2D eigenvalue weighted by Gasteiger charge is 2.13. The van der Waals surface area contributed by atoms with Crippen molar-refractivity contribution in [3.8, 4) is 0 Å². The molecule has 0 fully saturated rings. The summed E-state index contributed by atoms with van der Waals surface area (Å²) in [5.74, 6) is -0.190. The molecule has 0 aliphatic heterocycles. The molecule has 2 aromatic carbocycles. The van der Waals surface area contributed by atoms with E-state index in [1.54, 1.807) is 12.3 Å². The van der Waals surface area contributed by atoms with Crippen LogP contribution in [0.15, 0.2) is 54.7 Å². The monoisotopic (exact) mass is 319 g/mol. The van der Waals surface area contributed by atoms with E-state index in [1.807, 2.05) is 43.3 Å². The summed E-state index contributed by atoms with van der Waals surface area (Å²) in [6.07, 6.45) is 1.69. The van der Waals surface area contributed by atoms with E-state index in [1.165, 1.54) is 16.9 Å². The van der Waals surface area contributed by atoms with Crippen molar-refractivity contribution >= 4 is 43.5 Å². The van der Waals surface area contributed by atoms with Gasteiger partial charge in [-0.15, -0.1) is 0 Å². The number of fused-ring (bicyclic) bond motifs is 2. The number of para-hydroxylation sites is 1. The van der Waals surface area contributed by atoms with Crippen molar-refractivity contribution in [1.82, 2.24) is 9.97 Å². The van der Waals surface area contributed by atoms with E-state index in [4.69, 9.17) is 0 Å². The fraction of sp³-hybridized carbons (Fsp3) is 0.0556. The lowest BCUT2D eigenvalue weighted by molar-refractivity contribution is 0.102. The lowest BCUT2D eigenvalue weighted by atomic mass is 10.1. The number of hydrogen-bond acceptors (Lipinski definition) is 4. The first-order valence-electron chi connectivity index (χ1n) is 7.23. The molecule has 112 valence electrons. The molecule has 1 N–H and O–H groups in total. The van der Waals surface area contributed by atoms with Gasteiger partial charge >= 0.3 is 0 Å². The largest absolute Gasteiger partial charge is 0.298 e. The topological polar surface area (TPSA) is 54.9 Å². The molecule has 0 radical (unpaired) electrons. The number of pyridine rings is 1. The molecule has 0 aliphatic rings. The number of amides is 1. The molecule has 5 heteroatoms. The Morgan fingerprint density at radius 1 is 1.13 bits per heavy atom. The predicted octanol–water partition coefficient (Wildman–Crippen LogP) is 4.41. The van der Waals surface area contributed by atoms with E-state index < -0.39 is 0 Å². The van der Waals surface area contributed by atoms with Gasteiger partial charge in [-0.1, -0.05) is 35.6 Å². The zero-order valence-corrected chi connectivity index (χ0v) is 13.2. The number of anilines is 1. The summed E-state index contributed by atoms with van der Waals surface area (Å²) in [7, 11) is 0. The minimum atomic E-state index is -0.190. The van der Waals surface area contributed by atoms with Crippen molar-refractivity contribution in [1.29, 1.82) is 0 Å². The highest BCUT2D eigenvalue weighted by atomic mass is 32.1. The molecule has 1 amide bonds. The van der Waals surface area contributed by atoms with Crippen LogP contribution in [-0.4, -0.2) is 15.9 Å². The van der Waals surface area contributed by atoms with Crippen LogP contribution in [0.2, 0.25) is 0 Å². The molecule has 0 bridgehead atoms. The van der Waals surface area contributed by atoms with Gasteiger partial charge < -0.3 is 0 Å². The molecular formula is C18H13N3OS. The first kappa shape index (κ1) is 13.8. The fourth-order valence-corrected chi connectivity index (χ4v) is 3.50. The molecule has 0 unspecified atom stereocenters. The molecule has 4 rings (SSSR count). The molecule has 4 aromatic rings. The van der Waals surface area contributed by atoms with Crippen LogP contribution in [0.4, 0.5) is 5.13 Å². The third-order valence-corrected chi connectivity index (χ3v) is 4.58. The van der Waals surface area contributed by atoms with Gasteiger partial charge in [0.15, 0.2) is 5.13 Å². The van der Waals surface area contributed by atoms with Gasteiger partial charge in [0.2, 0.25) is 0 Å². The van der Waals surface area contributed by atoms with Gasteiger partial charge in [0, 0.05) is 11.6 Å². The summed E-state index contributed by atoms with van der Waals surface area (Å²) in [5.41, 5.74) is 3.33. The molecule has 0 aliphatic carbocycles. The van der Waals surface area contributed by atoms with Crippen molar-refractivity contribution in [2.75, 3.05) is 5.32 Å². The number of aryl methyl sites for hydroxylation is 1. The molecule has 0 saturated carbocycles. The van der Waals surface area contributed by atoms with Crippen molar-refractivity contribution in [3.63, 3.8) is 0 Å². The number of carbonyl (C=O) groups excluding carboxylic acids is 1. The van der Waals surface area contributed by atoms with E-state index in [9.17, 15) is 4.79 Å². The van der Waals surface area contributed by atoms with Crippen LogP contribution in [0.25, 0.3) is 21.1 Å². The third kappa shape index (κ3) is 2.55. The van der Waals surface area contributed by atoms with E-state index in [0.717, 1.165) is 15.6 Å². The number of nitrogens with zero attached hydrogens (tertiary/aromatic N) is 2. The molecule has 0 spiro atoms. The number of hydrogen-bond donors (Lipinski definition) is 1. The normalized spacial score (nSPS) is 11.0. The lowest BCUT2D eigenvalue weighted by Gasteiger charge is -2.04. The van der Waals surface area contributed by atoms with E-state index >= 15 is 0 Å². The van der Waals surface area contributed by atoms with Crippen molar-refractivity contribution in [2.24, 2.45) is 0 Å². The van der Waals surface area contributed by atoms with Crippen molar-refractivity contribution < 1.29 is 4.79 Å². The van der Waals surface area contributed by atoms with Crippen LogP contribution in [-0.2, 0) is 0 Å². The lowest BCUT2D eigenvalue weighted by Crippen LogP contribution is -2.12. The van der Waals surface area contributed by atoms with Gasteiger partial charge in [0.1, 0.15) is 0 Å². The fourth-order valence-electron chi connectivity index (χ4n) is 2.54. The predicted molar refractivity (Wildman–Crippen MR) is 94.1 cm³/mol. The van der Waals surface area contributed by atoms with E-state index in [0.29, 0.717) is 16.2 Å². The van der Waals surface area contributed by atoms with Crippen LogP contribution in [0.5, 0.6) is 0 Å². The Morgan fingerprint density at radius 3 is 2.91 bits per heavy atom. The Kier molecular flexibility index (Phi) is 3.28. The van der Waals surface area contributed by atoms with Gasteiger partial charge in [-0.05, 0) is 36.8 Å². The van der Waals surface area contributed by atoms with Gasteiger partial charge in [0.25, 0.3) is 5.91 Å². The quantitative estimate of drug-likeness (QED) is 0.595. The summed E-state index contributed by atoms with van der Waals surface area (Å²) >= 11 is 1.48. The third-order valence-electron chi connectivity index (χ3n) is 3.64. The van der Waals surface area contributed by atoms with E-state index in [-0.39, 0.29) is 5.91 Å². The Morgan fingerprint density at radius 2 is 2.00 bits per heavy atom. The zero-order chi connectivity index (χ0) is 15.8. The van der Waals surface area contributed by atoms with Gasteiger partial charge in [0.05, 0.1) is 21.3 Å². The SMILES string of the molecule is Cc1ccc2nc(NC(=O)c3cccc4cccnc34)sc2c1. The number of carbonyl (C=O) groups is 1. The Balaban J connectivity index is 1.70. The zero-order valence-electron chi connectivity index (χ0n) is 12.4. The second-order valence-electron chi connectivity index (χ2n) is 5.33. The van der Waals surface area contributed by atoms with Crippen LogP contribution < -0.4 is 5.32 Å². The molecule has 0 saturated heterocycles. The first-order valence-corrected chi connectivity index (χ1v) is 8.05. The van der Waals surface area contributed by atoms with Crippen molar-refractivity contribution in [2.45, 2.75) is 6.92 Å². The summed E-state index contributed by atoms with van der Waals surface area (Å²) in [4.78, 5) is 21.4. The van der Waals surface area contributed by atoms with Crippen LogP contribution in [0, 0.1) is 6.92 Å². The van der Waals surface area contributed by atoms with E-state index in [2.05, 4.69) is 21.4 Å². The molecule has 2 aromatic heterocycles. The van der Waals surface area contributed by atoms with Gasteiger partial charge in [-0.3, -0.25) is 15.1 Å². The smallest absolute Gasteiger partial charge is 0.259 e. The molecule has 0 atom stereocenters. The molecule has 4 nitrogen and oxygen atoms in total. The minimum Gasteiger partial charge on any atom is -0.298 e. The number of aromatic nitrogens is 2. The van der Waals surface area contributed by atoms with Crippen LogP contribution in [0.3, 0.4) is 0 Å². The number of thiazole rings is 1. The second-order valence-corrected chi connectivity index (χ2v) is 6.36. The molecule has 23 heavy (non-hydrogen) atoms. The van der Waals surface area contributed by atoms with Crippen molar-refractivity contribution in [3.05, 3.63) is 65.9 Å². The average Bonchev–Trinajstić information content (AvgIpc) is 2.95. The Hall–Kier alpha value is -2.79. The number of nitrogens with one attached hydrogen (secondary N) is 1. The maximum absolute atomic E-state index is 12.6. The Bertz CT molecular complexity index is 1030. The maximum atomic E-state index is 12.6. The summed E-state index contributed by atoms with van der Waals surface area (Å²) in [6.45, 7) is 2.04. The highest BCUT2D eigenvalue weighted by Crippen LogP contribution is 2.27. The molecular weight excluding hydrogens is 306 g/mol. The summed E-state index contributed by atoms with van der Waals surface area (Å²) in [5, 5.41) is 4.43. The Labute approximate surface area is 136 Å². The summed E-state index contributed by atoms with van der Waals surface area (Å²) < 4.78 is 1.07. The number of rotatable bonds is 2. The average molecular weight is 319 g/mol. The standard InChI is InChI=1S/C18H13N3OS/c1-11-7-8-14-15(10-11)23-18(20-14)21-17(22)13-6-2-4-12-5-3-9-19-16(12)13/h2-10H,1H3,(H,20,21,22). The maximum Gasteiger partial charge on any atom is 0.259 e. The van der Waals surface area contributed by atoms with Gasteiger partial charge in [-0.2, -0.15) is 0 Å². The number of benzene rings is 2. The highest BCUT2D eigenvalue weighted by molar-refractivity contribution is 7.22. The minimum absolute atomic E-state index is 0.190. The van der Waals surface area contributed by atoms with Crippen LogP contribution in [0.1, 0.15) is 15.9 Å². The summed E-state index contributed by atoms with van der Waals surface area (Å²) in [6, 6.07) is 15.4. The molecule has 2 heterocycles.